The Labute approximate surface area is 186 Å². The molecular weight excluding hydrogens is 395 g/mol. The summed E-state index contributed by atoms with van der Waals surface area (Å²) in [5.74, 6) is -2.68. The van der Waals surface area contributed by atoms with Crippen molar-refractivity contribution in [2.24, 2.45) is 11.8 Å². The standard InChI is InChI=1S/C17H18N4O5S.Na/c1-7-11(10-4-20-5-19-9(3-18-6-22)16(20)27-10)14(17(25)26)21-13(7)12(8(2)23)15(21)24;/h4-8,12-13,23H,3H2,1-2H3,(H,18,22)(H,25,26);/q;+1/p-1/t7-,8+,12+,13+;/m0./s1. The molecule has 4 heterocycles. The summed E-state index contributed by atoms with van der Waals surface area (Å²) in [5.41, 5.74) is 1.07. The molecule has 2 aliphatic heterocycles. The van der Waals surface area contributed by atoms with E-state index in [1.54, 1.807) is 16.9 Å². The van der Waals surface area contributed by atoms with Gasteiger partial charge in [0.15, 0.2) is 0 Å². The van der Waals surface area contributed by atoms with Crippen molar-refractivity contribution in [1.29, 1.82) is 0 Å². The molecule has 0 aromatic carbocycles. The molecule has 2 aromatic rings. The van der Waals surface area contributed by atoms with Gasteiger partial charge < -0.3 is 25.2 Å². The molecule has 142 valence electrons. The van der Waals surface area contributed by atoms with Gasteiger partial charge in [0, 0.05) is 17.7 Å². The average Bonchev–Trinajstić information content (AvgIpc) is 3.23. The van der Waals surface area contributed by atoms with Gasteiger partial charge in [-0.2, -0.15) is 0 Å². The number of carboxylic acid groups (broad SMARTS) is 1. The third kappa shape index (κ3) is 2.91. The number of carbonyl (C=O) groups is 3. The number of carbonyl (C=O) groups excluding carboxylic acids is 3. The second-order valence-corrected chi connectivity index (χ2v) is 7.83. The largest absolute Gasteiger partial charge is 1.00 e. The molecule has 0 bridgehead atoms. The van der Waals surface area contributed by atoms with Gasteiger partial charge in [-0.05, 0) is 6.92 Å². The Balaban J connectivity index is 0.00000225. The van der Waals surface area contributed by atoms with Crippen molar-refractivity contribution in [2.45, 2.75) is 32.5 Å². The van der Waals surface area contributed by atoms with Crippen LogP contribution in [0.15, 0.2) is 18.2 Å². The smallest absolute Gasteiger partial charge is 0.543 e. The summed E-state index contributed by atoms with van der Waals surface area (Å²) < 4.78 is 1.76. The van der Waals surface area contributed by atoms with Gasteiger partial charge in [-0.25, -0.2) is 4.98 Å². The first-order valence-electron chi connectivity index (χ1n) is 8.46. The molecule has 0 radical (unpaired) electrons. The number of thiazole rings is 1. The molecule has 2 N–H and O–H groups in total. The van der Waals surface area contributed by atoms with Crippen LogP contribution in [-0.2, 0) is 20.9 Å². The zero-order valence-electron chi connectivity index (χ0n) is 15.6. The minimum atomic E-state index is -1.41. The van der Waals surface area contributed by atoms with Crippen LogP contribution in [0.1, 0.15) is 24.4 Å². The fourth-order valence-electron chi connectivity index (χ4n) is 4.12. The van der Waals surface area contributed by atoms with Crippen molar-refractivity contribution in [3.63, 3.8) is 0 Å². The Bertz CT molecular complexity index is 997. The maximum absolute atomic E-state index is 12.4. The molecule has 28 heavy (non-hydrogen) atoms. The van der Waals surface area contributed by atoms with Crippen LogP contribution in [0.2, 0.25) is 0 Å². The van der Waals surface area contributed by atoms with E-state index < -0.39 is 29.9 Å². The molecule has 1 fully saturated rings. The molecule has 4 rings (SSSR count). The van der Waals surface area contributed by atoms with Crippen LogP contribution < -0.4 is 40.0 Å². The SMILES string of the molecule is C[C@@H](O)[C@H]1C(=O)N2C(C(=O)[O-])=C(c3cn4cnc(CNC=O)c4s3)[C@H](C)[C@H]12.[Na+]. The summed E-state index contributed by atoms with van der Waals surface area (Å²) in [5, 5.41) is 24.3. The van der Waals surface area contributed by atoms with Crippen LogP contribution in [0.25, 0.3) is 10.4 Å². The number of β-lactam (4-membered cyclic amide) rings is 1. The Morgan fingerprint density at radius 1 is 1.54 bits per heavy atom. The summed E-state index contributed by atoms with van der Waals surface area (Å²) in [6.45, 7) is 3.66. The summed E-state index contributed by atoms with van der Waals surface area (Å²) in [6, 6.07) is -0.392. The van der Waals surface area contributed by atoms with Crippen LogP contribution >= 0.6 is 11.3 Å². The number of nitrogens with zero attached hydrogens (tertiary/aromatic N) is 3. The molecule has 2 aromatic heterocycles. The molecule has 2 aliphatic rings. The number of aliphatic carboxylic acids is 1. The second kappa shape index (κ2) is 7.60. The van der Waals surface area contributed by atoms with Crippen molar-refractivity contribution in [3.05, 3.63) is 28.8 Å². The second-order valence-electron chi connectivity index (χ2n) is 6.80. The van der Waals surface area contributed by atoms with Gasteiger partial charge in [0.1, 0.15) is 11.2 Å². The molecule has 0 spiro atoms. The number of imidazole rings is 1. The van der Waals surface area contributed by atoms with Crippen molar-refractivity contribution in [1.82, 2.24) is 19.6 Å². The Morgan fingerprint density at radius 3 is 2.86 bits per heavy atom. The van der Waals surface area contributed by atoms with E-state index in [2.05, 4.69) is 10.3 Å². The predicted molar refractivity (Wildman–Crippen MR) is 92.9 cm³/mol. The van der Waals surface area contributed by atoms with E-state index in [1.165, 1.54) is 23.2 Å². The molecule has 0 saturated carbocycles. The molecule has 9 nitrogen and oxygen atoms in total. The Kier molecular flexibility index (Phi) is 5.70. The number of aromatic nitrogens is 2. The van der Waals surface area contributed by atoms with Crippen LogP contribution in [-0.4, -0.2) is 49.8 Å². The summed E-state index contributed by atoms with van der Waals surface area (Å²) in [4.78, 5) is 41.7. The van der Waals surface area contributed by atoms with Gasteiger partial charge in [-0.15, -0.1) is 11.3 Å². The fourth-order valence-corrected chi connectivity index (χ4v) is 5.33. The Hall–Kier alpha value is -1.72. The van der Waals surface area contributed by atoms with E-state index in [0.717, 1.165) is 4.83 Å². The molecule has 1 saturated heterocycles. The minimum Gasteiger partial charge on any atom is -0.543 e. The number of fused-ring (bicyclic) bond motifs is 2. The van der Waals surface area contributed by atoms with Gasteiger partial charge in [-0.1, -0.05) is 6.92 Å². The topological polar surface area (TPSA) is 127 Å². The first-order valence-corrected chi connectivity index (χ1v) is 9.27. The zero-order valence-corrected chi connectivity index (χ0v) is 18.4. The molecule has 2 amide bonds. The van der Waals surface area contributed by atoms with E-state index in [-0.39, 0.29) is 47.7 Å². The number of hydrogen-bond donors (Lipinski definition) is 2. The number of hydrogen-bond acceptors (Lipinski definition) is 7. The Morgan fingerprint density at radius 2 is 2.25 bits per heavy atom. The molecule has 4 atom stereocenters. The van der Waals surface area contributed by atoms with E-state index in [9.17, 15) is 24.6 Å². The van der Waals surface area contributed by atoms with E-state index in [0.29, 0.717) is 22.6 Å². The third-order valence-corrected chi connectivity index (χ3v) is 6.45. The van der Waals surface area contributed by atoms with Gasteiger partial charge in [0.25, 0.3) is 0 Å². The maximum Gasteiger partial charge on any atom is 1.00 e. The van der Waals surface area contributed by atoms with Gasteiger partial charge in [0.2, 0.25) is 12.3 Å². The van der Waals surface area contributed by atoms with E-state index >= 15 is 0 Å². The summed E-state index contributed by atoms with van der Waals surface area (Å²) in [6.07, 6.45) is 3.09. The average molecular weight is 412 g/mol. The number of carboxylic acids is 1. The van der Waals surface area contributed by atoms with Crippen molar-refractivity contribution in [3.8, 4) is 0 Å². The first-order chi connectivity index (χ1) is 12.9. The van der Waals surface area contributed by atoms with Gasteiger partial charge in [-0.3, -0.25) is 14.0 Å². The zero-order chi connectivity index (χ0) is 19.5. The number of aliphatic hydroxyl groups excluding tert-OH is 1. The molecular formula is C17H17N4NaO5S. The van der Waals surface area contributed by atoms with Gasteiger partial charge >= 0.3 is 29.6 Å². The van der Waals surface area contributed by atoms with Crippen LogP contribution in [0.4, 0.5) is 0 Å². The quantitative estimate of drug-likeness (QED) is 0.283. The van der Waals surface area contributed by atoms with Crippen molar-refractivity contribution in [2.75, 3.05) is 0 Å². The first kappa shape index (κ1) is 21.0. The number of rotatable bonds is 6. The van der Waals surface area contributed by atoms with E-state index in [1.807, 2.05) is 6.92 Å². The van der Waals surface area contributed by atoms with E-state index in [4.69, 9.17) is 0 Å². The maximum atomic E-state index is 12.4. The van der Waals surface area contributed by atoms with Gasteiger partial charge in [0.05, 0.1) is 46.8 Å². The number of nitrogens with one attached hydrogen (secondary N) is 1. The fraction of sp³-hybridized carbons (Fsp3) is 0.412. The number of aliphatic hydroxyl groups is 1. The van der Waals surface area contributed by atoms with Crippen LogP contribution in [0.3, 0.4) is 0 Å². The van der Waals surface area contributed by atoms with Crippen molar-refractivity contribution >= 4 is 40.0 Å². The molecule has 0 unspecified atom stereocenters. The molecule has 0 aliphatic carbocycles. The summed E-state index contributed by atoms with van der Waals surface area (Å²) >= 11 is 1.34. The summed E-state index contributed by atoms with van der Waals surface area (Å²) in [7, 11) is 0. The minimum absolute atomic E-state index is 0. The van der Waals surface area contributed by atoms with Crippen LogP contribution in [0.5, 0.6) is 0 Å². The van der Waals surface area contributed by atoms with Crippen molar-refractivity contribution < 1.29 is 54.2 Å². The van der Waals surface area contributed by atoms with Crippen LogP contribution in [0, 0.1) is 11.8 Å². The predicted octanol–water partition coefficient (Wildman–Crippen LogP) is -4.04. The third-order valence-electron chi connectivity index (χ3n) is 5.27. The number of amides is 2. The monoisotopic (exact) mass is 412 g/mol. The normalized spacial score (nSPS) is 24.6. The molecule has 11 heteroatoms.